The van der Waals surface area contributed by atoms with E-state index in [2.05, 4.69) is 0 Å². The Bertz CT molecular complexity index is 929. The smallest absolute Gasteiger partial charge is 0.0926 e. The van der Waals surface area contributed by atoms with Crippen LogP contribution in [-0.4, -0.2) is 42.8 Å². The summed E-state index contributed by atoms with van der Waals surface area (Å²) >= 11 is 0. The van der Waals surface area contributed by atoms with Gasteiger partial charge in [0.25, 0.3) is 0 Å². The molecule has 0 saturated heterocycles. The van der Waals surface area contributed by atoms with E-state index < -0.39 is 34.2 Å². The predicted octanol–water partition coefficient (Wildman–Crippen LogP) is 5.16. The molecule has 4 unspecified atom stereocenters. The van der Waals surface area contributed by atoms with E-state index in [1.807, 2.05) is 76.3 Å². The summed E-state index contributed by atoms with van der Waals surface area (Å²) in [7, 11) is 0. The standard InChI is InChI=1S/C31H40O4/c1-22-9-5-13-28(32,18-22)26(29(33)14-6-10-23(2)19-29)17-27(30(34)15-7-11-24(3)20-30)31(35)16-8-12-25(4)21-31/h5-16,26-27,32-35H,17-21H2,1-4H3. The van der Waals surface area contributed by atoms with Crippen LogP contribution in [0, 0.1) is 11.8 Å². The van der Waals surface area contributed by atoms with E-state index in [1.54, 1.807) is 24.3 Å². The van der Waals surface area contributed by atoms with Gasteiger partial charge in [0.1, 0.15) is 0 Å². The SMILES string of the molecule is CC1=CC=CC(O)(C(CC(C2(O)C=CC=C(C)C2)C2(O)C=CC=C(C)C2)C2(O)C=CC=C(C)C2)C1. The van der Waals surface area contributed by atoms with Crippen LogP contribution in [0.3, 0.4) is 0 Å². The van der Waals surface area contributed by atoms with Gasteiger partial charge >= 0.3 is 0 Å². The van der Waals surface area contributed by atoms with E-state index in [4.69, 9.17) is 0 Å². The zero-order valence-electron chi connectivity index (χ0n) is 21.4. The topological polar surface area (TPSA) is 80.9 Å². The van der Waals surface area contributed by atoms with Crippen LogP contribution in [0.2, 0.25) is 0 Å². The number of aliphatic hydroxyl groups is 4. The Morgan fingerprint density at radius 3 is 0.943 bits per heavy atom. The molecule has 0 aromatic rings. The molecular weight excluding hydrogens is 436 g/mol. The van der Waals surface area contributed by atoms with Crippen LogP contribution in [0.15, 0.2) is 95.2 Å². The second-order valence-corrected chi connectivity index (χ2v) is 11.5. The van der Waals surface area contributed by atoms with Crippen molar-refractivity contribution in [1.29, 1.82) is 0 Å². The summed E-state index contributed by atoms with van der Waals surface area (Å²) in [5.41, 5.74) is -1.20. The molecular formula is C31H40O4. The molecule has 4 heteroatoms. The molecule has 0 fully saturated rings. The van der Waals surface area contributed by atoms with Crippen LogP contribution in [-0.2, 0) is 0 Å². The maximum Gasteiger partial charge on any atom is 0.0926 e. The number of hydrogen-bond acceptors (Lipinski definition) is 4. The Labute approximate surface area is 209 Å². The molecule has 0 aromatic heterocycles. The zero-order valence-corrected chi connectivity index (χ0v) is 21.4. The van der Waals surface area contributed by atoms with Gasteiger partial charge in [-0.2, -0.15) is 0 Å². The van der Waals surface area contributed by atoms with Gasteiger partial charge < -0.3 is 20.4 Å². The molecule has 4 aliphatic carbocycles. The van der Waals surface area contributed by atoms with Gasteiger partial charge in [-0.1, -0.05) is 95.2 Å². The third-order valence-corrected chi connectivity index (χ3v) is 8.20. The van der Waals surface area contributed by atoms with Crippen molar-refractivity contribution >= 4 is 0 Å². The number of rotatable bonds is 6. The maximum absolute atomic E-state index is 12.1. The van der Waals surface area contributed by atoms with E-state index in [0.717, 1.165) is 22.3 Å². The zero-order chi connectivity index (χ0) is 25.5. The average Bonchev–Trinajstić information content (AvgIpc) is 2.72. The highest BCUT2D eigenvalue weighted by molar-refractivity contribution is 5.35. The van der Waals surface area contributed by atoms with Gasteiger partial charge in [-0.25, -0.2) is 0 Å². The van der Waals surface area contributed by atoms with Crippen molar-refractivity contribution in [2.75, 3.05) is 0 Å². The minimum Gasteiger partial charge on any atom is -0.385 e. The Morgan fingerprint density at radius 2 is 0.743 bits per heavy atom. The molecule has 4 atom stereocenters. The molecule has 35 heavy (non-hydrogen) atoms. The molecule has 0 aliphatic heterocycles. The Hall–Kier alpha value is -2.24. The van der Waals surface area contributed by atoms with Crippen LogP contribution >= 0.6 is 0 Å². The summed E-state index contributed by atoms with van der Waals surface area (Å²) in [5, 5.41) is 48.2. The molecule has 0 heterocycles. The number of hydrogen-bond donors (Lipinski definition) is 4. The fourth-order valence-electron chi connectivity index (χ4n) is 6.65. The van der Waals surface area contributed by atoms with Gasteiger partial charge in [0.15, 0.2) is 0 Å². The van der Waals surface area contributed by atoms with Gasteiger partial charge in [0.2, 0.25) is 0 Å². The largest absolute Gasteiger partial charge is 0.385 e. The van der Waals surface area contributed by atoms with Crippen molar-refractivity contribution in [3.05, 3.63) is 95.2 Å². The Balaban J connectivity index is 1.82. The van der Waals surface area contributed by atoms with Crippen molar-refractivity contribution < 1.29 is 20.4 Å². The maximum atomic E-state index is 12.1. The molecule has 4 rings (SSSR count). The molecule has 4 aliphatic rings. The van der Waals surface area contributed by atoms with Gasteiger partial charge in [-0.3, -0.25) is 0 Å². The third-order valence-electron chi connectivity index (χ3n) is 8.20. The summed E-state index contributed by atoms with van der Waals surface area (Å²) in [6.45, 7) is 7.91. The molecule has 4 N–H and O–H groups in total. The first-order chi connectivity index (χ1) is 16.4. The van der Waals surface area contributed by atoms with E-state index in [0.29, 0.717) is 25.7 Å². The minimum absolute atomic E-state index is 0.227. The third kappa shape index (κ3) is 5.17. The molecule has 0 aromatic carbocycles. The molecule has 0 radical (unpaired) electrons. The number of allylic oxidation sites excluding steroid dienone is 8. The van der Waals surface area contributed by atoms with Crippen LogP contribution in [0.5, 0.6) is 0 Å². The van der Waals surface area contributed by atoms with Gasteiger partial charge in [-0.05, 0) is 34.1 Å². The first kappa shape index (κ1) is 25.8. The predicted molar refractivity (Wildman–Crippen MR) is 141 cm³/mol. The highest BCUT2D eigenvalue weighted by Crippen LogP contribution is 2.51. The second kappa shape index (κ2) is 9.33. The van der Waals surface area contributed by atoms with E-state index in [-0.39, 0.29) is 6.42 Å². The van der Waals surface area contributed by atoms with Crippen LogP contribution in [0.4, 0.5) is 0 Å². The highest BCUT2D eigenvalue weighted by atomic mass is 16.3. The fraction of sp³-hybridized carbons (Fsp3) is 0.484. The van der Waals surface area contributed by atoms with E-state index >= 15 is 0 Å². The second-order valence-electron chi connectivity index (χ2n) is 11.5. The molecule has 0 saturated carbocycles. The fourth-order valence-corrected chi connectivity index (χ4v) is 6.65. The summed E-state index contributed by atoms with van der Waals surface area (Å²) in [6.07, 6.45) is 24.2. The van der Waals surface area contributed by atoms with E-state index in [9.17, 15) is 20.4 Å². The summed E-state index contributed by atoms with van der Waals surface area (Å²) in [4.78, 5) is 0. The molecule has 4 nitrogen and oxygen atoms in total. The van der Waals surface area contributed by atoms with Crippen molar-refractivity contribution in [2.45, 2.75) is 82.2 Å². The Morgan fingerprint density at radius 1 is 0.514 bits per heavy atom. The van der Waals surface area contributed by atoms with Gasteiger partial charge in [0, 0.05) is 37.5 Å². The molecule has 188 valence electrons. The van der Waals surface area contributed by atoms with Crippen molar-refractivity contribution in [3.8, 4) is 0 Å². The van der Waals surface area contributed by atoms with Crippen LogP contribution in [0.1, 0.15) is 59.8 Å². The summed E-state index contributed by atoms with van der Waals surface area (Å²) < 4.78 is 0. The van der Waals surface area contributed by atoms with Crippen molar-refractivity contribution in [1.82, 2.24) is 0 Å². The lowest BCUT2D eigenvalue weighted by atomic mass is 9.58. The summed E-state index contributed by atoms with van der Waals surface area (Å²) in [6, 6.07) is 0. The average molecular weight is 477 g/mol. The van der Waals surface area contributed by atoms with Crippen molar-refractivity contribution in [3.63, 3.8) is 0 Å². The normalized spacial score (nSPS) is 38.4. The lowest BCUT2D eigenvalue weighted by Gasteiger charge is -2.51. The van der Waals surface area contributed by atoms with Gasteiger partial charge in [-0.15, -0.1) is 0 Å². The highest BCUT2D eigenvalue weighted by Gasteiger charge is 2.55. The van der Waals surface area contributed by atoms with Crippen LogP contribution < -0.4 is 0 Å². The van der Waals surface area contributed by atoms with Crippen LogP contribution in [0.25, 0.3) is 0 Å². The van der Waals surface area contributed by atoms with E-state index in [1.165, 1.54) is 0 Å². The summed E-state index contributed by atoms with van der Waals surface area (Å²) in [5.74, 6) is -1.32. The lowest BCUT2D eigenvalue weighted by Crippen LogP contribution is -2.58. The molecule has 0 spiro atoms. The first-order valence-corrected chi connectivity index (χ1v) is 12.7. The molecule has 0 amide bonds. The van der Waals surface area contributed by atoms with Gasteiger partial charge in [0.05, 0.1) is 22.4 Å². The quantitative estimate of drug-likeness (QED) is 0.427. The lowest BCUT2D eigenvalue weighted by molar-refractivity contribution is -0.133. The monoisotopic (exact) mass is 476 g/mol. The Kier molecular flexibility index (Phi) is 6.89. The minimum atomic E-state index is -1.33. The van der Waals surface area contributed by atoms with Crippen molar-refractivity contribution in [2.24, 2.45) is 11.8 Å². The first-order valence-electron chi connectivity index (χ1n) is 12.7. The molecule has 0 bridgehead atoms.